The molecule has 0 aliphatic carbocycles. The van der Waals surface area contributed by atoms with Gasteiger partial charge in [0.15, 0.2) is 5.82 Å². The number of piperidine rings is 3. The second kappa shape index (κ2) is 19.3. The van der Waals surface area contributed by atoms with Crippen LogP contribution in [0.25, 0.3) is 22.2 Å². The molecule has 5 aliphatic rings. The number of fused-ring (bicyclic) bond motifs is 3. The average Bonchev–Trinajstić information content (AvgIpc) is 4.03. The highest BCUT2D eigenvalue weighted by Crippen LogP contribution is 2.44. The van der Waals surface area contributed by atoms with Crippen LogP contribution in [0.1, 0.15) is 118 Å². The maximum atomic E-state index is 14.7. The van der Waals surface area contributed by atoms with E-state index < -0.39 is 18.4 Å². The van der Waals surface area contributed by atoms with Gasteiger partial charge < -0.3 is 19.6 Å². The van der Waals surface area contributed by atoms with Crippen LogP contribution in [0.2, 0.25) is 0 Å². The summed E-state index contributed by atoms with van der Waals surface area (Å²) in [4.78, 5) is 72.2. The predicted octanol–water partition coefficient (Wildman–Crippen LogP) is 6.13. The van der Waals surface area contributed by atoms with Gasteiger partial charge in [-0.15, -0.1) is 0 Å². The van der Waals surface area contributed by atoms with Crippen LogP contribution < -0.4 is 15.9 Å². The summed E-state index contributed by atoms with van der Waals surface area (Å²) < 4.78 is 36.4. The van der Waals surface area contributed by atoms with Gasteiger partial charge in [0.2, 0.25) is 23.6 Å². The van der Waals surface area contributed by atoms with Crippen molar-refractivity contribution >= 4 is 46.2 Å². The summed E-state index contributed by atoms with van der Waals surface area (Å²) in [5.41, 5.74) is 7.32. The number of imidazole rings is 1. The highest BCUT2D eigenvalue weighted by molar-refractivity contribution is 6.00. The number of rotatable bonds is 12. The van der Waals surface area contributed by atoms with E-state index in [1.54, 1.807) is 48.7 Å². The second-order valence-electron chi connectivity index (χ2n) is 20.0. The third-order valence-electron chi connectivity index (χ3n) is 15.6. The lowest BCUT2D eigenvalue weighted by molar-refractivity contribution is -0.136. The molecule has 0 saturated carbocycles. The zero-order chi connectivity index (χ0) is 48.1. The van der Waals surface area contributed by atoms with E-state index in [2.05, 4.69) is 37.0 Å². The Morgan fingerprint density at radius 2 is 1.68 bits per heavy atom. The molecule has 1 N–H and O–H groups in total. The number of aryl methyl sites for hydroxylation is 4. The van der Waals surface area contributed by atoms with Gasteiger partial charge in [0, 0.05) is 101 Å². The molecule has 5 aliphatic heterocycles. The Balaban J connectivity index is 0.723. The molecule has 1 atom stereocenters. The highest BCUT2D eigenvalue weighted by Gasteiger charge is 2.36. The summed E-state index contributed by atoms with van der Waals surface area (Å²) in [7, 11) is 3.51. The molecule has 4 amide bonds. The van der Waals surface area contributed by atoms with Crippen LogP contribution in [-0.4, -0.2) is 113 Å². The maximum Gasteiger partial charge on any atom is 0.329 e. The fourth-order valence-electron chi connectivity index (χ4n) is 11.7. The molecule has 1 unspecified atom stereocenters. The minimum Gasteiger partial charge on any atom is -0.343 e. The number of nitrogens with zero attached hydrogens (tertiary/aromatic N) is 10. The largest absolute Gasteiger partial charge is 0.343 e. The Bertz CT molecular complexity index is 2850. The third-order valence-corrected chi connectivity index (χ3v) is 15.6. The minimum absolute atomic E-state index is 0.00301. The number of nitrogens with one attached hydrogen (secondary N) is 1. The van der Waals surface area contributed by atoms with Gasteiger partial charge in [-0.05, 0) is 131 Å². The van der Waals surface area contributed by atoms with E-state index in [4.69, 9.17) is 5.10 Å². The third kappa shape index (κ3) is 9.23. The van der Waals surface area contributed by atoms with Crippen molar-refractivity contribution in [1.29, 1.82) is 0 Å². The number of alkyl halides is 2. The van der Waals surface area contributed by atoms with Crippen LogP contribution in [0.3, 0.4) is 0 Å². The van der Waals surface area contributed by atoms with Crippen molar-refractivity contribution in [3.05, 3.63) is 81.2 Å². The molecule has 18 heteroatoms. The number of halogens is 2. The lowest BCUT2D eigenvalue weighted by Crippen LogP contribution is -2.44. The number of hydrogen-bond donors (Lipinski definition) is 1. The molecule has 10 rings (SSSR count). The van der Waals surface area contributed by atoms with Crippen molar-refractivity contribution < 1.29 is 28.0 Å². The molecule has 3 fully saturated rings. The number of benzene rings is 2. The van der Waals surface area contributed by atoms with Crippen molar-refractivity contribution in [2.75, 3.05) is 50.7 Å². The molecule has 2 aromatic carbocycles. The molecule has 69 heavy (non-hydrogen) atoms. The standard InChI is InChI=1S/C51H63F2N11O5/c1-32(65)61-25-18-41-40(31-61)49(62-20-4-6-35-27-38(36-29-54-57(2)30-36)39(48(52)53)28-44(35)62)56-64(41)37-16-23-60(24-17-37)47(67)7-5-19-59-21-14-33(15-22-59)8-9-34-10-11-42-45(26-34)58(3)51(69)63(42)43-12-13-46(66)55-50(43)68/h10-11,26-30,33,37,43,48H,4-9,12-25,31H2,1-3H3,(H,55,66,68). The van der Waals surface area contributed by atoms with Crippen molar-refractivity contribution in [2.45, 2.75) is 115 Å². The number of imide groups is 1. The van der Waals surface area contributed by atoms with Crippen LogP contribution in [0.5, 0.6) is 0 Å². The van der Waals surface area contributed by atoms with Gasteiger partial charge in [-0.1, -0.05) is 6.07 Å². The number of amides is 4. The maximum absolute atomic E-state index is 14.7. The van der Waals surface area contributed by atoms with Crippen LogP contribution in [0.4, 0.5) is 20.3 Å². The van der Waals surface area contributed by atoms with E-state index in [1.165, 1.54) is 4.57 Å². The van der Waals surface area contributed by atoms with Crippen molar-refractivity contribution in [1.82, 2.24) is 48.7 Å². The van der Waals surface area contributed by atoms with Gasteiger partial charge in [-0.2, -0.15) is 10.2 Å². The molecule has 366 valence electrons. The summed E-state index contributed by atoms with van der Waals surface area (Å²) >= 11 is 0. The molecular weight excluding hydrogens is 885 g/mol. The molecule has 0 spiro atoms. The summed E-state index contributed by atoms with van der Waals surface area (Å²) in [5.74, 6) is 0.789. The SMILES string of the molecule is CC(=O)N1CCc2c(c(N3CCCc4cc(-c5cnn(C)c5)c(C(F)F)cc43)nn2C2CCN(C(=O)CCCN3CCC(CCc4ccc5c(c4)n(C)c(=O)n5C4CCC(=O)NC4=O)CC3)CC2)C1. The van der Waals surface area contributed by atoms with Crippen LogP contribution >= 0.6 is 0 Å². The monoisotopic (exact) mass is 947 g/mol. The number of aromatic nitrogens is 6. The van der Waals surface area contributed by atoms with Crippen molar-refractivity contribution in [3.63, 3.8) is 0 Å². The molecule has 3 saturated heterocycles. The Morgan fingerprint density at radius 1 is 0.884 bits per heavy atom. The number of hydrogen-bond acceptors (Lipinski definition) is 9. The lowest BCUT2D eigenvalue weighted by atomic mass is 9.90. The molecular formula is C51H63F2N11O5. The van der Waals surface area contributed by atoms with Gasteiger partial charge in [-0.25, -0.2) is 13.6 Å². The van der Waals surface area contributed by atoms with E-state index >= 15 is 0 Å². The zero-order valence-corrected chi connectivity index (χ0v) is 40.0. The topological polar surface area (TPSA) is 156 Å². The Kier molecular flexibility index (Phi) is 13.0. The first-order valence-electron chi connectivity index (χ1n) is 24.9. The summed E-state index contributed by atoms with van der Waals surface area (Å²) in [6, 6.07) is 8.96. The number of carbonyl (C=O) groups is 4. The second-order valence-corrected chi connectivity index (χ2v) is 20.0. The predicted molar refractivity (Wildman–Crippen MR) is 256 cm³/mol. The van der Waals surface area contributed by atoms with E-state index in [0.717, 1.165) is 117 Å². The summed E-state index contributed by atoms with van der Waals surface area (Å²) in [6.45, 7) is 7.44. The van der Waals surface area contributed by atoms with Gasteiger partial charge in [0.25, 0.3) is 6.43 Å². The highest BCUT2D eigenvalue weighted by atomic mass is 19.3. The Morgan fingerprint density at radius 3 is 2.41 bits per heavy atom. The zero-order valence-electron chi connectivity index (χ0n) is 40.0. The van der Waals surface area contributed by atoms with Crippen LogP contribution in [0, 0.1) is 5.92 Å². The van der Waals surface area contributed by atoms with E-state index in [1.807, 2.05) is 21.9 Å². The van der Waals surface area contributed by atoms with E-state index in [9.17, 15) is 32.8 Å². The van der Waals surface area contributed by atoms with Gasteiger partial charge in [-0.3, -0.25) is 43.0 Å². The average molecular weight is 948 g/mol. The fourth-order valence-corrected chi connectivity index (χ4v) is 11.7. The molecule has 0 bridgehead atoms. The summed E-state index contributed by atoms with van der Waals surface area (Å²) in [6.07, 6.45) is 10.5. The number of carbonyl (C=O) groups excluding carboxylic acids is 4. The lowest BCUT2D eigenvalue weighted by Gasteiger charge is -2.34. The van der Waals surface area contributed by atoms with Crippen LogP contribution in [-0.2, 0) is 59.1 Å². The normalized spacial score (nSPS) is 19.7. The number of anilines is 2. The van der Waals surface area contributed by atoms with E-state index in [0.29, 0.717) is 74.5 Å². The Hall–Kier alpha value is -6.17. The molecule has 5 aromatic rings. The van der Waals surface area contributed by atoms with Gasteiger partial charge >= 0.3 is 5.69 Å². The molecule has 16 nitrogen and oxygen atoms in total. The molecule has 0 radical (unpaired) electrons. The van der Waals surface area contributed by atoms with Gasteiger partial charge in [0.05, 0.1) is 29.8 Å². The first kappa shape index (κ1) is 46.6. The summed E-state index contributed by atoms with van der Waals surface area (Å²) in [5, 5.41) is 11.9. The minimum atomic E-state index is -2.68. The fraction of sp³-hybridized carbons (Fsp3) is 0.549. The van der Waals surface area contributed by atoms with Crippen LogP contribution in [0.15, 0.2) is 47.5 Å². The van der Waals surface area contributed by atoms with Crippen molar-refractivity contribution in [2.24, 2.45) is 20.0 Å². The van der Waals surface area contributed by atoms with Gasteiger partial charge in [0.1, 0.15) is 6.04 Å². The molecule has 8 heterocycles. The smallest absolute Gasteiger partial charge is 0.329 e. The molecule has 3 aromatic heterocycles. The Labute approximate surface area is 400 Å². The van der Waals surface area contributed by atoms with Crippen molar-refractivity contribution in [3.8, 4) is 11.1 Å². The van der Waals surface area contributed by atoms with E-state index in [-0.39, 0.29) is 41.4 Å². The quantitative estimate of drug-likeness (QED) is 0.146. The first-order chi connectivity index (χ1) is 33.3. The number of likely N-dealkylation sites (tertiary alicyclic amines) is 2. The first-order valence-corrected chi connectivity index (χ1v) is 24.9.